The average Bonchev–Trinajstić information content (AvgIpc) is 2.65. The van der Waals surface area contributed by atoms with E-state index in [1.54, 1.807) is 24.3 Å². The van der Waals surface area contributed by atoms with Gasteiger partial charge in [0.2, 0.25) is 5.91 Å². The highest BCUT2D eigenvalue weighted by molar-refractivity contribution is 5.90. The van der Waals surface area contributed by atoms with Crippen LogP contribution in [0.15, 0.2) is 45.6 Å². The Bertz CT molecular complexity index is 1200. The zero-order valence-electron chi connectivity index (χ0n) is 16.5. The lowest BCUT2D eigenvalue weighted by molar-refractivity contribution is -0.117. The molecule has 1 aromatic heterocycles. The third-order valence-electron chi connectivity index (χ3n) is 4.44. The Labute approximate surface area is 171 Å². The largest absolute Gasteiger partial charge is 0.504 e. The summed E-state index contributed by atoms with van der Waals surface area (Å²) in [5.41, 5.74) is 12.4. The molecule has 3 aromatic rings. The average molecular weight is 411 g/mol. The minimum absolute atomic E-state index is 0.0481. The second-order valence-corrected chi connectivity index (χ2v) is 6.99. The molecule has 0 bridgehead atoms. The van der Waals surface area contributed by atoms with Gasteiger partial charge in [-0.05, 0) is 29.3 Å². The van der Waals surface area contributed by atoms with E-state index in [1.165, 1.54) is 31.1 Å². The third-order valence-corrected chi connectivity index (χ3v) is 4.44. The summed E-state index contributed by atoms with van der Waals surface area (Å²) in [5, 5.41) is 10.7. The van der Waals surface area contributed by atoms with Crippen molar-refractivity contribution in [2.45, 2.75) is 12.8 Å². The highest BCUT2D eigenvalue weighted by Crippen LogP contribution is 2.34. The fourth-order valence-corrected chi connectivity index (χ4v) is 3.05. The Kier molecular flexibility index (Phi) is 5.63. The number of carbonyl (C=O) groups excluding carboxylic acids is 2. The molecule has 0 saturated carbocycles. The number of benzene rings is 2. The van der Waals surface area contributed by atoms with Gasteiger partial charge in [0.05, 0.1) is 6.42 Å². The van der Waals surface area contributed by atoms with Crippen molar-refractivity contribution < 1.29 is 23.8 Å². The van der Waals surface area contributed by atoms with E-state index in [0.29, 0.717) is 16.6 Å². The van der Waals surface area contributed by atoms with Gasteiger partial charge in [0.1, 0.15) is 5.58 Å². The number of hydrogen-bond acceptors (Lipinski definition) is 7. The quantitative estimate of drug-likeness (QED) is 0.428. The van der Waals surface area contributed by atoms with Gasteiger partial charge in [0.15, 0.2) is 11.5 Å². The van der Waals surface area contributed by atoms with Gasteiger partial charge in [0.25, 0.3) is 0 Å². The summed E-state index contributed by atoms with van der Waals surface area (Å²) in [6, 6.07) is 9.46. The first-order chi connectivity index (χ1) is 14.2. The molecule has 9 nitrogen and oxygen atoms in total. The highest BCUT2D eigenvalue weighted by Gasteiger charge is 2.20. The van der Waals surface area contributed by atoms with Gasteiger partial charge in [-0.15, -0.1) is 0 Å². The summed E-state index contributed by atoms with van der Waals surface area (Å²) in [6.07, 6.45) is -0.803. The number of amides is 2. The molecule has 0 spiro atoms. The molecule has 30 heavy (non-hydrogen) atoms. The van der Waals surface area contributed by atoms with Crippen molar-refractivity contribution in [3.63, 3.8) is 0 Å². The van der Waals surface area contributed by atoms with Crippen molar-refractivity contribution in [1.29, 1.82) is 0 Å². The molecule has 0 fully saturated rings. The van der Waals surface area contributed by atoms with E-state index in [0.717, 1.165) is 5.56 Å². The van der Waals surface area contributed by atoms with Gasteiger partial charge in [-0.3, -0.25) is 4.79 Å². The smallest absolute Gasteiger partial charge is 0.414 e. The van der Waals surface area contributed by atoms with E-state index in [2.05, 4.69) is 0 Å². The Hall–Kier alpha value is -4.01. The molecule has 0 saturated heterocycles. The van der Waals surface area contributed by atoms with Crippen LogP contribution in [0.4, 0.5) is 10.5 Å². The minimum Gasteiger partial charge on any atom is -0.504 e. The van der Waals surface area contributed by atoms with Crippen molar-refractivity contribution in [3.05, 3.63) is 63.5 Å². The summed E-state index contributed by atoms with van der Waals surface area (Å²) in [7, 11) is 2.96. The number of carbonyl (C=O) groups is 2. The van der Waals surface area contributed by atoms with Crippen molar-refractivity contribution in [3.8, 4) is 11.5 Å². The van der Waals surface area contributed by atoms with E-state index in [4.69, 9.17) is 20.6 Å². The van der Waals surface area contributed by atoms with Gasteiger partial charge in [-0.1, -0.05) is 12.1 Å². The third kappa shape index (κ3) is 4.35. The number of ether oxygens (including phenoxy) is 1. The molecule has 5 N–H and O–H groups in total. The normalized spacial score (nSPS) is 10.7. The number of primary amides is 1. The van der Waals surface area contributed by atoms with E-state index in [1.807, 2.05) is 0 Å². The Morgan fingerprint density at radius 2 is 1.90 bits per heavy atom. The number of phenolic OH excluding ortho intramolecular Hbond substituents is 1. The Morgan fingerprint density at radius 3 is 2.53 bits per heavy atom. The number of phenols is 1. The number of nitrogen functional groups attached to an aromatic ring is 1. The van der Waals surface area contributed by atoms with E-state index in [9.17, 15) is 19.5 Å². The van der Waals surface area contributed by atoms with Crippen LogP contribution in [0.25, 0.3) is 11.0 Å². The fraction of sp³-hybridized carbons (Fsp3) is 0.190. The molecule has 0 unspecified atom stereocenters. The second-order valence-electron chi connectivity index (χ2n) is 6.99. The lowest BCUT2D eigenvalue weighted by atomic mass is 9.96. The molecule has 9 heteroatoms. The van der Waals surface area contributed by atoms with Gasteiger partial charge >= 0.3 is 11.7 Å². The van der Waals surface area contributed by atoms with Gasteiger partial charge < -0.3 is 30.6 Å². The van der Waals surface area contributed by atoms with Crippen LogP contribution in [-0.2, 0) is 17.6 Å². The van der Waals surface area contributed by atoms with Crippen molar-refractivity contribution in [2.75, 3.05) is 19.8 Å². The molecule has 0 aliphatic carbocycles. The van der Waals surface area contributed by atoms with Crippen LogP contribution in [-0.4, -0.2) is 36.1 Å². The molecule has 3 rings (SSSR count). The second kappa shape index (κ2) is 8.16. The summed E-state index contributed by atoms with van der Waals surface area (Å²) in [6.45, 7) is 0. The van der Waals surface area contributed by atoms with Crippen molar-refractivity contribution >= 4 is 28.7 Å². The zero-order chi connectivity index (χ0) is 22.0. The summed E-state index contributed by atoms with van der Waals surface area (Å²) >= 11 is 0. The van der Waals surface area contributed by atoms with Gasteiger partial charge in [0, 0.05) is 43.2 Å². The van der Waals surface area contributed by atoms with Crippen LogP contribution in [0.2, 0.25) is 0 Å². The molecular formula is C21H21N3O6. The number of fused-ring (bicyclic) bond motifs is 1. The topological polar surface area (TPSA) is 149 Å². The first-order valence-electron chi connectivity index (χ1n) is 8.99. The number of aromatic hydroxyl groups is 1. The Balaban J connectivity index is 2.17. The predicted octanol–water partition coefficient (Wildman–Crippen LogP) is 1.76. The number of rotatable bonds is 5. The number of nitrogens with zero attached hydrogens (tertiary/aromatic N) is 1. The molecule has 0 atom stereocenters. The molecule has 0 aliphatic rings. The van der Waals surface area contributed by atoms with Crippen molar-refractivity contribution in [2.24, 2.45) is 5.73 Å². The lowest BCUT2D eigenvalue weighted by Gasteiger charge is -2.14. The van der Waals surface area contributed by atoms with Crippen LogP contribution in [0.1, 0.15) is 16.7 Å². The first-order valence-corrected chi connectivity index (χ1v) is 8.99. The molecular weight excluding hydrogens is 390 g/mol. The number of hydrogen-bond donors (Lipinski definition) is 3. The maximum Gasteiger partial charge on any atom is 0.414 e. The summed E-state index contributed by atoms with van der Waals surface area (Å²) in [5.74, 6) is -1.19. The van der Waals surface area contributed by atoms with E-state index >= 15 is 0 Å². The van der Waals surface area contributed by atoms with E-state index < -0.39 is 17.6 Å². The van der Waals surface area contributed by atoms with Gasteiger partial charge in [-0.2, -0.15) is 0 Å². The molecule has 2 amide bonds. The lowest BCUT2D eigenvalue weighted by Crippen LogP contribution is -2.25. The molecule has 156 valence electrons. The number of nitrogens with two attached hydrogens (primary N) is 2. The Morgan fingerprint density at radius 1 is 1.17 bits per heavy atom. The standard InChI is InChI=1S/C21H21N3O6/c1-24(2)21(28)30-18-10-17-14(8-16(18)25)13(9-19(23)26)15(20(27)29-17)7-11-4-3-5-12(22)6-11/h3-6,8,10,25H,7,9,22H2,1-2H3,(H2,23,26). The zero-order valence-corrected chi connectivity index (χ0v) is 16.5. The van der Waals surface area contributed by atoms with Crippen LogP contribution in [0.5, 0.6) is 11.5 Å². The first kappa shape index (κ1) is 20.7. The van der Waals surface area contributed by atoms with Crippen LogP contribution >= 0.6 is 0 Å². The predicted molar refractivity (Wildman–Crippen MR) is 110 cm³/mol. The summed E-state index contributed by atoms with van der Waals surface area (Å²) < 4.78 is 10.5. The summed E-state index contributed by atoms with van der Waals surface area (Å²) in [4.78, 5) is 37.4. The molecule has 2 aromatic carbocycles. The van der Waals surface area contributed by atoms with Crippen LogP contribution < -0.4 is 21.8 Å². The maximum absolute atomic E-state index is 12.7. The van der Waals surface area contributed by atoms with Crippen molar-refractivity contribution in [1.82, 2.24) is 4.90 Å². The molecule has 0 radical (unpaired) electrons. The highest BCUT2D eigenvalue weighted by atomic mass is 16.6. The monoisotopic (exact) mass is 411 g/mol. The minimum atomic E-state index is -0.720. The molecule has 0 aliphatic heterocycles. The van der Waals surface area contributed by atoms with Crippen LogP contribution in [0.3, 0.4) is 0 Å². The fourth-order valence-electron chi connectivity index (χ4n) is 3.05. The maximum atomic E-state index is 12.7. The molecule has 1 heterocycles. The van der Waals surface area contributed by atoms with Gasteiger partial charge in [-0.25, -0.2) is 9.59 Å². The number of anilines is 1. The SMILES string of the molecule is CN(C)C(=O)Oc1cc2oc(=O)c(Cc3cccc(N)c3)c(CC(N)=O)c2cc1O. The van der Waals surface area contributed by atoms with Crippen LogP contribution in [0, 0.1) is 0 Å². The van der Waals surface area contributed by atoms with E-state index in [-0.39, 0.29) is 35.5 Å².